The summed E-state index contributed by atoms with van der Waals surface area (Å²) in [6.45, 7) is 0.105. The molecule has 26 heavy (non-hydrogen) atoms. The van der Waals surface area contributed by atoms with Crippen molar-refractivity contribution in [3.05, 3.63) is 82.8 Å². The molecule has 0 aliphatic carbocycles. The Morgan fingerprint density at radius 1 is 1.12 bits per heavy atom. The van der Waals surface area contributed by atoms with Gasteiger partial charge in [0.1, 0.15) is 5.75 Å². The monoisotopic (exact) mass is 350 g/mol. The first-order valence-electron chi connectivity index (χ1n) is 7.84. The van der Waals surface area contributed by atoms with Crippen molar-refractivity contribution in [3.63, 3.8) is 0 Å². The molecular weight excluding hydrogens is 334 g/mol. The number of hydrogen-bond acceptors (Lipinski definition) is 5. The van der Waals surface area contributed by atoms with E-state index in [-0.39, 0.29) is 18.0 Å². The van der Waals surface area contributed by atoms with Gasteiger partial charge in [-0.3, -0.25) is 14.9 Å². The zero-order valence-corrected chi connectivity index (χ0v) is 14.0. The van der Waals surface area contributed by atoms with Crippen LogP contribution in [0.4, 0.5) is 5.69 Å². The van der Waals surface area contributed by atoms with Crippen LogP contribution in [-0.4, -0.2) is 22.8 Å². The highest BCUT2D eigenvalue weighted by atomic mass is 16.6. The van der Waals surface area contributed by atoms with E-state index in [2.05, 4.69) is 4.98 Å². The van der Waals surface area contributed by atoms with E-state index in [1.54, 1.807) is 24.2 Å². The summed E-state index contributed by atoms with van der Waals surface area (Å²) in [5, 5.41) is 10.7. The van der Waals surface area contributed by atoms with Gasteiger partial charge < -0.3 is 4.74 Å². The van der Waals surface area contributed by atoms with Gasteiger partial charge in [-0.05, 0) is 41.4 Å². The minimum atomic E-state index is -0.495. The van der Waals surface area contributed by atoms with Gasteiger partial charge in [0.2, 0.25) is 5.78 Å². The topological polar surface area (TPSA) is 86.2 Å². The van der Waals surface area contributed by atoms with Crippen molar-refractivity contribution in [2.24, 2.45) is 0 Å². The average molecular weight is 350 g/mol. The summed E-state index contributed by atoms with van der Waals surface area (Å²) in [5.41, 5.74) is 2.10. The highest BCUT2D eigenvalue weighted by molar-refractivity contribution is 5.95. The standard InChI is InChI=1S/C19H16N3O4/c1-26-17-8-4-14(5-9-17)18-10-11-21(13-20-18)12-19(23)15-2-6-16(7-3-15)22(24)25/h2-11,13H,12H2,1H3/q+1. The van der Waals surface area contributed by atoms with Crippen LogP contribution in [0, 0.1) is 10.1 Å². The number of Topliss-reactive ketones (excluding diaryl/α,β-unsaturated/α-hetero) is 1. The van der Waals surface area contributed by atoms with Crippen LogP contribution in [0.25, 0.3) is 11.3 Å². The van der Waals surface area contributed by atoms with Crippen molar-refractivity contribution in [2.45, 2.75) is 6.54 Å². The Morgan fingerprint density at radius 3 is 2.35 bits per heavy atom. The first-order valence-corrected chi connectivity index (χ1v) is 7.84. The number of methoxy groups -OCH3 is 1. The van der Waals surface area contributed by atoms with Crippen molar-refractivity contribution >= 4 is 11.5 Å². The van der Waals surface area contributed by atoms with E-state index < -0.39 is 4.92 Å². The third-order valence-corrected chi connectivity index (χ3v) is 3.88. The van der Waals surface area contributed by atoms with E-state index in [1.807, 2.05) is 30.3 Å². The molecule has 0 fully saturated rings. The lowest BCUT2D eigenvalue weighted by molar-refractivity contribution is -0.686. The lowest BCUT2D eigenvalue weighted by Crippen LogP contribution is -2.37. The molecule has 0 spiro atoms. The van der Waals surface area contributed by atoms with E-state index in [4.69, 9.17) is 4.74 Å². The maximum Gasteiger partial charge on any atom is 0.287 e. The van der Waals surface area contributed by atoms with Crippen molar-refractivity contribution in [2.75, 3.05) is 7.11 Å². The van der Waals surface area contributed by atoms with E-state index in [0.29, 0.717) is 5.56 Å². The molecule has 0 atom stereocenters. The van der Waals surface area contributed by atoms with E-state index in [0.717, 1.165) is 17.0 Å². The number of ether oxygens (including phenoxy) is 1. The number of ketones is 1. The number of hydrogen-bond donors (Lipinski definition) is 0. The van der Waals surface area contributed by atoms with E-state index in [9.17, 15) is 14.9 Å². The fraction of sp³-hybridized carbons (Fsp3) is 0.105. The third-order valence-electron chi connectivity index (χ3n) is 3.88. The first-order chi connectivity index (χ1) is 12.6. The first kappa shape index (κ1) is 17.2. The molecule has 0 aliphatic heterocycles. The molecule has 3 aromatic rings. The van der Waals surface area contributed by atoms with Crippen molar-refractivity contribution in [1.82, 2.24) is 4.98 Å². The van der Waals surface area contributed by atoms with Gasteiger partial charge in [-0.25, -0.2) is 4.57 Å². The minimum Gasteiger partial charge on any atom is -0.497 e. The number of carbonyl (C=O) groups excluding carboxylic acids is 1. The van der Waals surface area contributed by atoms with Crippen LogP contribution in [0.2, 0.25) is 0 Å². The molecule has 0 saturated carbocycles. The Labute approximate surface area is 149 Å². The second kappa shape index (κ2) is 7.52. The van der Waals surface area contributed by atoms with Gasteiger partial charge in [0.15, 0.2) is 12.2 Å². The molecular formula is C19H16N3O4+. The number of carbonyl (C=O) groups is 1. The number of nitro benzene ring substituents is 1. The maximum absolute atomic E-state index is 12.3. The van der Waals surface area contributed by atoms with Crippen LogP contribution >= 0.6 is 0 Å². The Bertz CT molecular complexity index is 921. The van der Waals surface area contributed by atoms with Gasteiger partial charge in [0.25, 0.3) is 12.0 Å². The van der Waals surface area contributed by atoms with Gasteiger partial charge in [0.05, 0.1) is 18.2 Å². The van der Waals surface area contributed by atoms with Gasteiger partial charge >= 0.3 is 0 Å². The number of aromatic nitrogens is 2. The number of nitro groups is 1. The molecule has 2 aromatic carbocycles. The highest BCUT2D eigenvalue weighted by Crippen LogP contribution is 2.19. The van der Waals surface area contributed by atoms with Gasteiger partial charge in [-0.2, -0.15) is 0 Å². The molecule has 0 unspecified atom stereocenters. The van der Waals surface area contributed by atoms with Gasteiger partial charge in [0, 0.05) is 29.3 Å². The molecule has 1 heterocycles. The van der Waals surface area contributed by atoms with E-state index in [1.165, 1.54) is 24.3 Å². The summed E-state index contributed by atoms with van der Waals surface area (Å²) >= 11 is 0. The molecule has 130 valence electrons. The summed E-state index contributed by atoms with van der Waals surface area (Å²) < 4.78 is 6.79. The normalized spacial score (nSPS) is 10.3. The lowest BCUT2D eigenvalue weighted by atomic mass is 10.1. The molecule has 7 heteroatoms. The number of benzene rings is 2. The fourth-order valence-corrected chi connectivity index (χ4v) is 2.44. The lowest BCUT2D eigenvalue weighted by Gasteiger charge is -2.02. The van der Waals surface area contributed by atoms with Crippen molar-refractivity contribution < 1.29 is 19.0 Å². The average Bonchev–Trinajstić information content (AvgIpc) is 2.68. The Hall–Kier alpha value is -3.61. The van der Waals surface area contributed by atoms with Crippen LogP contribution in [0.1, 0.15) is 10.4 Å². The van der Waals surface area contributed by atoms with Crippen LogP contribution < -0.4 is 9.30 Å². The van der Waals surface area contributed by atoms with Crippen LogP contribution in [0.5, 0.6) is 5.75 Å². The molecule has 7 nitrogen and oxygen atoms in total. The Balaban J connectivity index is 1.70. The zero-order chi connectivity index (χ0) is 18.5. The number of rotatable bonds is 6. The van der Waals surface area contributed by atoms with Crippen molar-refractivity contribution in [3.8, 4) is 17.0 Å². The molecule has 0 amide bonds. The summed E-state index contributed by atoms with van der Waals surface area (Å²) in [7, 11) is 1.61. The largest absolute Gasteiger partial charge is 0.497 e. The SMILES string of the molecule is COc1ccc(-c2cc[n+](CC(=O)c3ccc([N+](=O)[O-])cc3)cn2)cc1. The molecule has 0 bridgehead atoms. The quantitative estimate of drug-likeness (QED) is 0.295. The summed E-state index contributed by atoms with van der Waals surface area (Å²) in [6, 6.07) is 14.9. The Kier molecular flexibility index (Phi) is 4.98. The predicted molar refractivity (Wildman–Crippen MR) is 93.8 cm³/mol. The second-order valence-corrected chi connectivity index (χ2v) is 5.57. The molecule has 0 N–H and O–H groups in total. The zero-order valence-electron chi connectivity index (χ0n) is 14.0. The highest BCUT2D eigenvalue weighted by Gasteiger charge is 2.13. The van der Waals surface area contributed by atoms with Crippen LogP contribution in [-0.2, 0) is 6.54 Å². The Morgan fingerprint density at radius 2 is 1.81 bits per heavy atom. The summed E-state index contributed by atoms with van der Waals surface area (Å²) in [6.07, 6.45) is 3.36. The number of non-ortho nitro benzene ring substituents is 1. The van der Waals surface area contributed by atoms with Gasteiger partial charge in [-0.1, -0.05) is 0 Å². The smallest absolute Gasteiger partial charge is 0.287 e. The van der Waals surface area contributed by atoms with Gasteiger partial charge in [-0.15, -0.1) is 0 Å². The predicted octanol–water partition coefficient (Wildman–Crippen LogP) is 2.84. The molecule has 1 aromatic heterocycles. The van der Waals surface area contributed by atoms with E-state index >= 15 is 0 Å². The molecule has 3 rings (SSSR count). The van der Waals surface area contributed by atoms with Crippen LogP contribution in [0.3, 0.4) is 0 Å². The van der Waals surface area contributed by atoms with Crippen molar-refractivity contribution in [1.29, 1.82) is 0 Å². The molecule has 0 radical (unpaired) electrons. The van der Waals surface area contributed by atoms with Crippen LogP contribution in [0.15, 0.2) is 67.1 Å². The number of nitrogens with zero attached hydrogens (tertiary/aromatic N) is 3. The summed E-state index contributed by atoms with van der Waals surface area (Å²) in [5.74, 6) is 0.623. The molecule has 0 aliphatic rings. The fourth-order valence-electron chi connectivity index (χ4n) is 2.44. The minimum absolute atomic E-state index is 0.0419. The third kappa shape index (κ3) is 3.89. The summed E-state index contributed by atoms with van der Waals surface area (Å²) in [4.78, 5) is 26.8. The maximum atomic E-state index is 12.3. The molecule has 0 saturated heterocycles. The second-order valence-electron chi connectivity index (χ2n) is 5.57.